The van der Waals surface area contributed by atoms with Gasteiger partial charge in [0.25, 0.3) is 0 Å². The van der Waals surface area contributed by atoms with E-state index in [1.165, 1.54) is 34.3 Å². The van der Waals surface area contributed by atoms with E-state index in [9.17, 15) is 9.18 Å². The van der Waals surface area contributed by atoms with Crippen molar-refractivity contribution in [1.29, 1.82) is 0 Å². The van der Waals surface area contributed by atoms with E-state index in [-0.39, 0.29) is 11.6 Å². The Bertz CT molecular complexity index is 958. The van der Waals surface area contributed by atoms with Crippen molar-refractivity contribution in [3.8, 4) is 0 Å². The number of hydrogen-bond acceptors (Lipinski definition) is 2. The van der Waals surface area contributed by atoms with Crippen LogP contribution in [0.25, 0.3) is 10.9 Å². The van der Waals surface area contributed by atoms with Crippen LogP contribution in [-0.2, 0) is 19.9 Å². The van der Waals surface area contributed by atoms with Crippen LogP contribution < -0.4 is 0 Å². The van der Waals surface area contributed by atoms with Crippen molar-refractivity contribution < 1.29 is 9.18 Å². The van der Waals surface area contributed by atoms with E-state index in [2.05, 4.69) is 40.8 Å². The summed E-state index contributed by atoms with van der Waals surface area (Å²) in [6.45, 7) is 2.99. The van der Waals surface area contributed by atoms with Gasteiger partial charge in [-0.3, -0.25) is 4.79 Å². The van der Waals surface area contributed by atoms with Gasteiger partial charge < -0.3 is 9.47 Å². The Kier molecular flexibility index (Phi) is 5.08. The molecule has 3 aromatic rings. The van der Waals surface area contributed by atoms with Gasteiger partial charge in [-0.05, 0) is 55.3 Å². The molecule has 140 valence electrons. The first-order chi connectivity index (χ1) is 13.1. The van der Waals surface area contributed by atoms with Gasteiger partial charge in [-0.25, -0.2) is 4.39 Å². The summed E-state index contributed by atoms with van der Waals surface area (Å²) in [6.07, 6.45) is 3.46. The minimum absolute atomic E-state index is 0.0964. The summed E-state index contributed by atoms with van der Waals surface area (Å²) < 4.78 is 15.3. The Morgan fingerprint density at radius 1 is 1.04 bits per heavy atom. The van der Waals surface area contributed by atoms with Gasteiger partial charge in [0.15, 0.2) is 5.78 Å². The number of rotatable bonds is 5. The average molecular weight is 364 g/mol. The first-order valence-electron chi connectivity index (χ1n) is 9.70. The van der Waals surface area contributed by atoms with Crippen LogP contribution in [-0.4, -0.2) is 34.9 Å². The SMILES string of the molecule is Cn1c2c(c3ccccc31)CCN(CCCC(=O)c1ccc(F)cc1)CC2. The lowest BCUT2D eigenvalue weighted by atomic mass is 10.1. The number of hydrogen-bond donors (Lipinski definition) is 0. The number of benzene rings is 2. The lowest BCUT2D eigenvalue weighted by Gasteiger charge is -2.19. The van der Waals surface area contributed by atoms with Crippen LogP contribution >= 0.6 is 0 Å². The Balaban J connectivity index is 1.35. The highest BCUT2D eigenvalue weighted by Crippen LogP contribution is 2.28. The van der Waals surface area contributed by atoms with Crippen LogP contribution in [0.5, 0.6) is 0 Å². The molecule has 0 amide bonds. The molecule has 2 heterocycles. The minimum Gasteiger partial charge on any atom is -0.347 e. The van der Waals surface area contributed by atoms with Crippen molar-refractivity contribution in [2.75, 3.05) is 19.6 Å². The van der Waals surface area contributed by atoms with E-state index < -0.39 is 0 Å². The van der Waals surface area contributed by atoms with Crippen molar-refractivity contribution in [3.05, 3.63) is 71.2 Å². The van der Waals surface area contributed by atoms with Crippen LogP contribution in [0.4, 0.5) is 4.39 Å². The number of para-hydroxylation sites is 1. The van der Waals surface area contributed by atoms with Crippen molar-refractivity contribution in [2.24, 2.45) is 7.05 Å². The summed E-state index contributed by atoms with van der Waals surface area (Å²) in [4.78, 5) is 14.7. The molecule has 1 aliphatic heterocycles. The molecule has 0 unspecified atom stereocenters. The standard InChI is InChI=1S/C23H25FN2O/c1-25-21-6-3-2-5-19(21)20-12-15-26(16-13-22(20)25)14-4-7-23(27)17-8-10-18(24)11-9-17/h2-3,5-6,8-11H,4,7,12-16H2,1H3. The first kappa shape index (κ1) is 17.9. The molecule has 3 nitrogen and oxygen atoms in total. The van der Waals surface area contributed by atoms with Crippen molar-refractivity contribution in [3.63, 3.8) is 0 Å². The largest absolute Gasteiger partial charge is 0.347 e. The molecule has 0 saturated carbocycles. The number of ketones is 1. The van der Waals surface area contributed by atoms with Gasteiger partial charge in [-0.2, -0.15) is 0 Å². The highest BCUT2D eigenvalue weighted by molar-refractivity contribution is 5.95. The lowest BCUT2D eigenvalue weighted by Crippen LogP contribution is -2.28. The number of fused-ring (bicyclic) bond motifs is 3. The van der Waals surface area contributed by atoms with Gasteiger partial charge in [0, 0.05) is 55.1 Å². The summed E-state index contributed by atoms with van der Waals surface area (Å²) in [5.41, 5.74) is 4.85. The fraction of sp³-hybridized carbons (Fsp3) is 0.348. The second-order valence-corrected chi connectivity index (χ2v) is 7.38. The highest BCUT2D eigenvalue weighted by atomic mass is 19.1. The Hall–Kier alpha value is -2.46. The third-order valence-corrected chi connectivity index (χ3v) is 5.73. The molecule has 27 heavy (non-hydrogen) atoms. The summed E-state index contributed by atoms with van der Waals surface area (Å²) in [7, 11) is 2.16. The van der Waals surface area contributed by atoms with Gasteiger partial charge in [0.2, 0.25) is 0 Å². The number of Topliss-reactive ketones (excluding diaryl/α,β-unsaturated/α-hetero) is 1. The second-order valence-electron chi connectivity index (χ2n) is 7.38. The van der Waals surface area contributed by atoms with E-state index in [0.29, 0.717) is 12.0 Å². The zero-order chi connectivity index (χ0) is 18.8. The fourth-order valence-electron chi connectivity index (χ4n) is 4.23. The van der Waals surface area contributed by atoms with Gasteiger partial charge >= 0.3 is 0 Å². The van der Waals surface area contributed by atoms with Gasteiger partial charge in [0.05, 0.1) is 0 Å². The maximum absolute atomic E-state index is 13.0. The van der Waals surface area contributed by atoms with E-state index in [0.717, 1.165) is 38.9 Å². The molecule has 0 bridgehead atoms. The molecular formula is C23H25FN2O. The number of aromatic nitrogens is 1. The Morgan fingerprint density at radius 2 is 1.78 bits per heavy atom. The maximum Gasteiger partial charge on any atom is 0.162 e. The van der Waals surface area contributed by atoms with Gasteiger partial charge in [-0.15, -0.1) is 0 Å². The molecule has 0 atom stereocenters. The molecule has 0 saturated heterocycles. The first-order valence-corrected chi connectivity index (χ1v) is 9.70. The van der Waals surface area contributed by atoms with Gasteiger partial charge in [-0.1, -0.05) is 18.2 Å². The van der Waals surface area contributed by atoms with Gasteiger partial charge in [0.1, 0.15) is 5.82 Å². The molecule has 0 fully saturated rings. The van der Waals surface area contributed by atoms with Crippen LogP contribution in [0, 0.1) is 5.82 Å². The molecule has 0 N–H and O–H groups in total. The normalized spacial score (nSPS) is 14.9. The number of carbonyl (C=O) groups is 1. The predicted octanol–water partition coefficient (Wildman–Crippen LogP) is 4.38. The van der Waals surface area contributed by atoms with Crippen LogP contribution in [0.2, 0.25) is 0 Å². The Labute approximate surface area is 159 Å². The summed E-state index contributed by atoms with van der Waals surface area (Å²) in [5.74, 6) is -0.206. The van der Waals surface area contributed by atoms with Crippen molar-refractivity contribution in [1.82, 2.24) is 9.47 Å². The summed E-state index contributed by atoms with van der Waals surface area (Å²) in [5, 5.41) is 1.38. The van der Waals surface area contributed by atoms with E-state index >= 15 is 0 Å². The van der Waals surface area contributed by atoms with Crippen LogP contribution in [0.1, 0.15) is 34.5 Å². The van der Waals surface area contributed by atoms with E-state index in [1.807, 2.05) is 0 Å². The third-order valence-electron chi connectivity index (χ3n) is 5.73. The zero-order valence-electron chi connectivity index (χ0n) is 15.7. The van der Waals surface area contributed by atoms with Crippen molar-refractivity contribution in [2.45, 2.75) is 25.7 Å². The molecular weight excluding hydrogens is 339 g/mol. The number of carbonyl (C=O) groups excluding carboxylic acids is 1. The lowest BCUT2D eigenvalue weighted by molar-refractivity contribution is 0.0975. The predicted molar refractivity (Wildman–Crippen MR) is 107 cm³/mol. The smallest absolute Gasteiger partial charge is 0.162 e. The Morgan fingerprint density at radius 3 is 2.59 bits per heavy atom. The minimum atomic E-state index is -0.303. The average Bonchev–Trinajstić information content (AvgIpc) is 2.82. The van der Waals surface area contributed by atoms with E-state index in [1.54, 1.807) is 12.1 Å². The molecule has 0 radical (unpaired) electrons. The summed E-state index contributed by atoms with van der Waals surface area (Å²) in [6, 6.07) is 14.5. The molecule has 0 aliphatic carbocycles. The second kappa shape index (κ2) is 7.65. The molecule has 4 rings (SSSR count). The van der Waals surface area contributed by atoms with Crippen LogP contribution in [0.3, 0.4) is 0 Å². The number of halogens is 1. The zero-order valence-corrected chi connectivity index (χ0v) is 15.7. The topological polar surface area (TPSA) is 25.2 Å². The quantitative estimate of drug-likeness (QED) is 0.628. The van der Waals surface area contributed by atoms with Crippen LogP contribution in [0.15, 0.2) is 48.5 Å². The molecule has 1 aliphatic rings. The third kappa shape index (κ3) is 3.67. The monoisotopic (exact) mass is 364 g/mol. The van der Waals surface area contributed by atoms with E-state index in [4.69, 9.17) is 0 Å². The molecule has 0 spiro atoms. The molecule has 4 heteroatoms. The number of nitrogens with zero attached hydrogens (tertiary/aromatic N) is 2. The maximum atomic E-state index is 13.0. The summed E-state index contributed by atoms with van der Waals surface area (Å²) >= 11 is 0. The fourth-order valence-corrected chi connectivity index (χ4v) is 4.23. The van der Waals surface area contributed by atoms with Crippen molar-refractivity contribution >= 4 is 16.7 Å². The molecule has 2 aromatic carbocycles. The highest BCUT2D eigenvalue weighted by Gasteiger charge is 2.20. The molecule has 1 aromatic heterocycles. The number of aryl methyl sites for hydroxylation is 1.